The minimum atomic E-state index is -0.442. The van der Waals surface area contributed by atoms with E-state index < -0.39 is 5.82 Å². The maximum atomic E-state index is 14.1. The summed E-state index contributed by atoms with van der Waals surface area (Å²) in [7, 11) is 3.25. The van der Waals surface area contributed by atoms with E-state index in [0.717, 1.165) is 156 Å². The number of urea groups is 3. The summed E-state index contributed by atoms with van der Waals surface area (Å²) < 4.78 is 36.5. The zero-order chi connectivity index (χ0) is 67.1. The van der Waals surface area contributed by atoms with Gasteiger partial charge in [-0.1, -0.05) is 104 Å². The third-order valence-corrected chi connectivity index (χ3v) is 18.8. The molecule has 0 saturated carbocycles. The summed E-state index contributed by atoms with van der Waals surface area (Å²) in [6.07, 6.45) is 9.11. The lowest BCUT2D eigenvalue weighted by Crippen LogP contribution is -2.49. The van der Waals surface area contributed by atoms with Crippen LogP contribution in [0.15, 0.2) is 173 Å². The Balaban J connectivity index is 0.000000168. The molecule has 2 aromatic heterocycles. The first-order valence-corrected chi connectivity index (χ1v) is 34.1. The molecule has 4 saturated heterocycles. The Labute approximate surface area is 563 Å². The number of hydrogen-bond donors (Lipinski definition) is 3. The molecule has 11 rings (SSSR count). The topological polar surface area (TPSA) is 155 Å². The standard InChI is InChI=1S/C27H33N3O3.C25H28FN3O2.C25H40N4O2/c1-20-9-12-26(32-3)25(17-20)28-27(31)30(19-24-11-10-21(2)33-24)23-13-15-29(16-14-23)18-22-7-5-4-6-8-22;1-19-11-12-22(31-19)18-29(25(30)27-24-10-6-5-9-23(24)26)21-13-15-28(16-14-21)17-20-7-3-2-4-8-20;1-20(2)28-18-12-22(13-19-28)29(15-7-14-27-16-10-21(3)11-17-27)25(30)26-23-8-5-6-9-24(23)31-4/h4-12,17,23H,13-16,18-19H2,1-3H3,(H,28,31);2-12,21H,13-18H2,1H3,(H,27,30);5-6,8-9,21-22H,1,7,10-19H2,2-4H3,(H,26,30). The number of piperidine rings is 4. The number of allylic oxidation sites excluding steroid dienone is 1. The normalized spacial score (nSPS) is 16.1. The second-order valence-corrected chi connectivity index (χ2v) is 26.0. The van der Waals surface area contributed by atoms with Crippen molar-refractivity contribution in [3.05, 3.63) is 209 Å². The third kappa shape index (κ3) is 21.5. The molecule has 6 amide bonds. The number of carbonyl (C=O) groups excluding carboxylic acids is 3. The summed E-state index contributed by atoms with van der Waals surface area (Å²) in [6.45, 7) is 26.8. The van der Waals surface area contributed by atoms with Crippen LogP contribution < -0.4 is 25.4 Å². The predicted molar refractivity (Wildman–Crippen MR) is 377 cm³/mol. The highest BCUT2D eigenvalue weighted by Crippen LogP contribution is 2.31. The van der Waals surface area contributed by atoms with E-state index >= 15 is 0 Å². The van der Waals surface area contributed by atoms with Gasteiger partial charge in [0.2, 0.25) is 0 Å². The van der Waals surface area contributed by atoms with Crippen molar-refractivity contribution < 1.29 is 37.1 Å². The molecule has 0 radical (unpaired) electrons. The van der Waals surface area contributed by atoms with Crippen LogP contribution >= 0.6 is 0 Å². The van der Waals surface area contributed by atoms with Crippen LogP contribution in [0.25, 0.3) is 0 Å². The van der Waals surface area contributed by atoms with Gasteiger partial charge in [0.1, 0.15) is 40.4 Å². The number of para-hydroxylation sites is 3. The first-order chi connectivity index (χ1) is 46.1. The molecular weight excluding hydrogens is 1200 g/mol. The van der Waals surface area contributed by atoms with Gasteiger partial charge >= 0.3 is 18.1 Å². The van der Waals surface area contributed by atoms with Crippen molar-refractivity contribution in [3.8, 4) is 11.5 Å². The van der Waals surface area contributed by atoms with Crippen molar-refractivity contribution in [1.29, 1.82) is 0 Å². The highest BCUT2D eigenvalue weighted by atomic mass is 19.1. The first kappa shape index (κ1) is 70.7. The van der Waals surface area contributed by atoms with Gasteiger partial charge in [-0.2, -0.15) is 0 Å². The molecule has 0 spiro atoms. The molecule has 5 aromatic carbocycles. The van der Waals surface area contributed by atoms with E-state index in [2.05, 4.69) is 109 Å². The Morgan fingerprint density at radius 3 is 1.44 bits per heavy atom. The maximum Gasteiger partial charge on any atom is 0.322 e. The summed E-state index contributed by atoms with van der Waals surface area (Å²) in [6, 6.07) is 48.3. The number of carbonyl (C=O) groups is 3. The van der Waals surface area contributed by atoms with Gasteiger partial charge in [0, 0.05) is 82.7 Å². The van der Waals surface area contributed by atoms with E-state index in [1.165, 1.54) is 43.1 Å². The molecule has 17 nitrogen and oxygen atoms in total. The fraction of sp³-hybridized carbons (Fsp3) is 0.442. The van der Waals surface area contributed by atoms with Crippen LogP contribution in [0.5, 0.6) is 11.5 Å². The second-order valence-electron chi connectivity index (χ2n) is 26.0. The molecule has 0 bridgehead atoms. The number of likely N-dealkylation sites (tertiary alicyclic amines) is 4. The highest BCUT2D eigenvalue weighted by Gasteiger charge is 2.33. The van der Waals surface area contributed by atoms with Crippen LogP contribution in [0.4, 0.5) is 35.8 Å². The molecule has 6 heterocycles. The Kier molecular flexibility index (Phi) is 26.6. The van der Waals surface area contributed by atoms with E-state index in [1.54, 1.807) is 37.3 Å². The van der Waals surface area contributed by atoms with Crippen molar-refractivity contribution in [2.45, 2.75) is 137 Å². The molecule has 0 aliphatic carbocycles. The quantitative estimate of drug-likeness (QED) is 0.0630. The van der Waals surface area contributed by atoms with Crippen LogP contribution in [0, 0.1) is 32.5 Å². The van der Waals surface area contributed by atoms with Gasteiger partial charge in [-0.3, -0.25) is 9.80 Å². The highest BCUT2D eigenvalue weighted by molar-refractivity contribution is 5.92. The Bertz CT molecular complexity index is 3500. The van der Waals surface area contributed by atoms with E-state index in [9.17, 15) is 18.8 Å². The Hall–Kier alpha value is -8.58. The summed E-state index contributed by atoms with van der Waals surface area (Å²) in [5.74, 6) is 4.93. The first-order valence-electron chi connectivity index (χ1n) is 34.1. The minimum Gasteiger partial charge on any atom is -0.495 e. The van der Waals surface area contributed by atoms with Gasteiger partial charge in [-0.05, 0) is 188 Å². The zero-order valence-electron chi connectivity index (χ0n) is 57.1. The molecule has 7 aromatic rings. The number of anilines is 3. The largest absolute Gasteiger partial charge is 0.495 e. The maximum absolute atomic E-state index is 14.1. The average molecular weight is 1300 g/mol. The number of methoxy groups -OCH3 is 2. The van der Waals surface area contributed by atoms with Gasteiger partial charge in [0.25, 0.3) is 0 Å². The molecule has 18 heteroatoms. The van der Waals surface area contributed by atoms with Crippen LogP contribution in [0.3, 0.4) is 0 Å². The van der Waals surface area contributed by atoms with Crippen LogP contribution in [0.2, 0.25) is 0 Å². The summed E-state index contributed by atoms with van der Waals surface area (Å²) in [5, 5.41) is 8.93. The van der Waals surface area contributed by atoms with E-state index in [4.69, 9.17) is 18.3 Å². The van der Waals surface area contributed by atoms with E-state index in [-0.39, 0.29) is 41.9 Å². The number of nitrogens with zero attached hydrogens (tertiary/aromatic N) is 7. The number of aryl methyl sites for hydroxylation is 3. The van der Waals surface area contributed by atoms with Crippen molar-refractivity contribution in [3.63, 3.8) is 0 Å². The molecule has 0 atom stereocenters. The van der Waals surface area contributed by atoms with Crippen molar-refractivity contribution >= 4 is 35.2 Å². The number of benzene rings is 5. The van der Waals surface area contributed by atoms with Crippen molar-refractivity contribution in [2.24, 2.45) is 5.92 Å². The lowest BCUT2D eigenvalue weighted by molar-refractivity contribution is 0.115. The molecule has 0 unspecified atom stereocenters. The van der Waals surface area contributed by atoms with Crippen molar-refractivity contribution in [2.75, 3.05) is 95.6 Å². The summed E-state index contributed by atoms with van der Waals surface area (Å²) in [4.78, 5) is 55.5. The molecule has 4 aliphatic rings. The van der Waals surface area contributed by atoms with Gasteiger partial charge in [-0.15, -0.1) is 0 Å². The summed E-state index contributed by atoms with van der Waals surface area (Å²) >= 11 is 0. The number of furan rings is 2. The van der Waals surface area contributed by atoms with E-state index in [0.29, 0.717) is 30.3 Å². The smallest absolute Gasteiger partial charge is 0.322 e. The molecular formula is C77H101FN10O7. The second kappa shape index (κ2) is 35.8. The monoisotopic (exact) mass is 1300 g/mol. The number of hydrogen-bond acceptors (Lipinski definition) is 11. The Morgan fingerprint density at radius 2 is 0.947 bits per heavy atom. The predicted octanol–water partition coefficient (Wildman–Crippen LogP) is 15.7. The van der Waals surface area contributed by atoms with Crippen LogP contribution in [0.1, 0.15) is 111 Å². The fourth-order valence-electron chi connectivity index (χ4n) is 13.2. The number of amides is 6. The SMILES string of the molecule is C=C(C)N1CCC(N(CCCN2CCC(C)CC2)C(=O)Nc2ccccc2OC)CC1.COc1ccc(C)cc1NC(=O)N(Cc1ccc(C)o1)C1CCN(Cc2ccccc2)CC1.Cc1ccc(CN(C(=O)Nc2ccccc2F)C2CCN(Cc3ccccc3)CC2)o1. The summed E-state index contributed by atoms with van der Waals surface area (Å²) in [5.41, 5.74) is 6.39. The van der Waals surface area contributed by atoms with Gasteiger partial charge < -0.3 is 58.8 Å². The third-order valence-electron chi connectivity index (χ3n) is 18.8. The molecule has 4 fully saturated rings. The number of nitrogens with one attached hydrogen (secondary N) is 3. The Morgan fingerprint density at radius 1 is 0.516 bits per heavy atom. The van der Waals surface area contributed by atoms with Gasteiger partial charge in [0.05, 0.1) is 44.4 Å². The van der Waals surface area contributed by atoms with Crippen molar-refractivity contribution in [1.82, 2.24) is 34.3 Å². The molecule has 3 N–H and O–H groups in total. The molecule has 95 heavy (non-hydrogen) atoms. The van der Waals surface area contributed by atoms with Gasteiger partial charge in [0.15, 0.2) is 0 Å². The zero-order valence-corrected chi connectivity index (χ0v) is 57.1. The van der Waals surface area contributed by atoms with E-state index in [1.807, 2.05) is 105 Å². The average Bonchev–Trinajstić information content (AvgIpc) is 1.68. The molecule has 4 aliphatic heterocycles. The number of halogens is 1. The lowest BCUT2D eigenvalue weighted by atomic mass is 9.99. The number of ether oxygens (including phenoxy) is 2. The minimum absolute atomic E-state index is 0.0226. The fourth-order valence-corrected chi connectivity index (χ4v) is 13.2. The lowest BCUT2D eigenvalue weighted by Gasteiger charge is -2.40. The van der Waals surface area contributed by atoms with Crippen LogP contribution in [-0.4, -0.2) is 150 Å². The molecule has 508 valence electrons. The van der Waals surface area contributed by atoms with Gasteiger partial charge in [-0.25, -0.2) is 18.8 Å². The van der Waals surface area contributed by atoms with Crippen LogP contribution in [-0.2, 0) is 26.2 Å². The number of rotatable bonds is 21.